The Labute approximate surface area is 121 Å². The molecule has 0 aliphatic rings. The van der Waals surface area contributed by atoms with Crippen molar-refractivity contribution < 1.29 is 4.39 Å². The number of halogens is 1. The zero-order valence-corrected chi connectivity index (χ0v) is 12.2. The molecule has 0 spiro atoms. The Bertz CT molecular complexity index is 567. The molecule has 1 heterocycles. The van der Waals surface area contributed by atoms with E-state index in [0.717, 1.165) is 6.42 Å². The molecular formula is C14H15FN2S2. The molecule has 0 saturated heterocycles. The van der Waals surface area contributed by atoms with Crippen molar-refractivity contribution in [3.05, 3.63) is 52.0 Å². The summed E-state index contributed by atoms with van der Waals surface area (Å²) in [6.07, 6.45) is 0.897. The van der Waals surface area contributed by atoms with Crippen LogP contribution in [0.25, 0.3) is 0 Å². The lowest BCUT2D eigenvalue weighted by Crippen LogP contribution is -2.17. The number of hydrogen-bond acceptors (Lipinski definition) is 3. The number of benzene rings is 1. The first-order valence-corrected chi connectivity index (χ1v) is 7.30. The molecule has 0 aliphatic heterocycles. The van der Waals surface area contributed by atoms with E-state index in [0.29, 0.717) is 5.69 Å². The number of thiocarbonyl (C=S) groups is 1. The second-order valence-electron chi connectivity index (χ2n) is 4.15. The molecule has 1 unspecified atom stereocenters. The van der Waals surface area contributed by atoms with Crippen LogP contribution >= 0.6 is 23.6 Å². The van der Waals surface area contributed by atoms with Crippen molar-refractivity contribution in [2.75, 3.05) is 5.32 Å². The van der Waals surface area contributed by atoms with Gasteiger partial charge < -0.3 is 11.1 Å². The summed E-state index contributed by atoms with van der Waals surface area (Å²) in [5.41, 5.74) is 6.54. The van der Waals surface area contributed by atoms with E-state index in [1.54, 1.807) is 23.5 Å². The molecular weight excluding hydrogens is 279 g/mol. The molecule has 5 heteroatoms. The summed E-state index contributed by atoms with van der Waals surface area (Å²) in [6.45, 7) is 2.08. The minimum absolute atomic E-state index is 0.0710. The zero-order chi connectivity index (χ0) is 13.8. The molecule has 1 aromatic carbocycles. The van der Waals surface area contributed by atoms with Gasteiger partial charge in [-0.2, -0.15) is 0 Å². The summed E-state index contributed by atoms with van der Waals surface area (Å²) in [5.74, 6) is -0.390. The van der Waals surface area contributed by atoms with Crippen LogP contribution in [0.4, 0.5) is 10.1 Å². The maximum atomic E-state index is 13.8. The van der Waals surface area contributed by atoms with Crippen molar-refractivity contribution in [3.63, 3.8) is 0 Å². The van der Waals surface area contributed by atoms with Gasteiger partial charge in [-0.15, -0.1) is 11.3 Å². The highest BCUT2D eigenvalue weighted by molar-refractivity contribution is 7.80. The molecule has 100 valence electrons. The maximum absolute atomic E-state index is 13.8. The summed E-state index contributed by atoms with van der Waals surface area (Å²) in [6, 6.07) is 9.02. The highest BCUT2D eigenvalue weighted by Gasteiger charge is 2.15. The second-order valence-corrected chi connectivity index (χ2v) is 5.57. The van der Waals surface area contributed by atoms with Crippen molar-refractivity contribution in [2.45, 2.75) is 19.4 Å². The summed E-state index contributed by atoms with van der Waals surface area (Å²) >= 11 is 6.60. The highest BCUT2D eigenvalue weighted by atomic mass is 32.1. The number of nitrogens with two attached hydrogens (primary N) is 1. The van der Waals surface area contributed by atoms with E-state index in [1.165, 1.54) is 10.9 Å². The number of anilines is 1. The normalized spacial score (nSPS) is 12.1. The SMILES string of the molecule is CCC(Nc1cccc(F)c1C(N)=S)c1cccs1. The topological polar surface area (TPSA) is 38.0 Å². The van der Waals surface area contributed by atoms with E-state index < -0.39 is 5.82 Å². The number of thiophene rings is 1. The molecule has 2 nitrogen and oxygen atoms in total. The molecule has 1 atom stereocenters. The van der Waals surface area contributed by atoms with E-state index in [2.05, 4.69) is 18.3 Å². The third-order valence-electron chi connectivity index (χ3n) is 2.88. The Morgan fingerprint density at radius 1 is 1.42 bits per heavy atom. The van der Waals surface area contributed by atoms with Gasteiger partial charge in [0.2, 0.25) is 0 Å². The predicted molar refractivity (Wildman–Crippen MR) is 83.3 cm³/mol. The van der Waals surface area contributed by atoms with E-state index in [9.17, 15) is 4.39 Å². The monoisotopic (exact) mass is 294 g/mol. The molecule has 0 bridgehead atoms. The van der Waals surface area contributed by atoms with Gasteiger partial charge in [0.05, 0.1) is 11.6 Å². The Hall–Kier alpha value is -1.46. The van der Waals surface area contributed by atoms with Crippen molar-refractivity contribution in [3.8, 4) is 0 Å². The van der Waals surface area contributed by atoms with Crippen LogP contribution in [-0.4, -0.2) is 4.99 Å². The number of nitrogens with one attached hydrogen (secondary N) is 1. The van der Waals surface area contributed by atoms with E-state index in [1.807, 2.05) is 11.4 Å². The first-order chi connectivity index (χ1) is 9.13. The molecule has 1 aromatic heterocycles. The van der Waals surface area contributed by atoms with Crippen molar-refractivity contribution in [1.82, 2.24) is 0 Å². The average molecular weight is 294 g/mol. The summed E-state index contributed by atoms with van der Waals surface area (Å²) < 4.78 is 13.8. The Morgan fingerprint density at radius 3 is 2.79 bits per heavy atom. The van der Waals surface area contributed by atoms with Crippen LogP contribution in [0.3, 0.4) is 0 Å². The Kier molecular flexibility index (Phi) is 4.50. The van der Waals surface area contributed by atoms with Crippen LogP contribution in [0.15, 0.2) is 35.7 Å². The standard InChI is InChI=1S/C14H15FN2S2/c1-2-10(12-7-4-8-19-12)17-11-6-3-5-9(15)13(11)14(16)18/h3-8,10,17H,2H2,1H3,(H2,16,18). The second kappa shape index (κ2) is 6.12. The van der Waals surface area contributed by atoms with E-state index >= 15 is 0 Å². The van der Waals surface area contributed by atoms with Gasteiger partial charge in [-0.3, -0.25) is 0 Å². The van der Waals surface area contributed by atoms with Gasteiger partial charge in [-0.05, 0) is 30.0 Å². The summed E-state index contributed by atoms with van der Waals surface area (Å²) in [7, 11) is 0. The van der Waals surface area contributed by atoms with E-state index in [4.69, 9.17) is 18.0 Å². The Balaban J connectivity index is 2.32. The highest BCUT2D eigenvalue weighted by Crippen LogP contribution is 2.28. The van der Waals surface area contributed by atoms with Crippen LogP contribution in [0.1, 0.15) is 29.8 Å². The molecule has 0 aliphatic carbocycles. The first kappa shape index (κ1) is 14.0. The van der Waals surface area contributed by atoms with Crippen molar-refractivity contribution >= 4 is 34.2 Å². The van der Waals surface area contributed by atoms with Gasteiger partial charge in [0.15, 0.2) is 0 Å². The lowest BCUT2D eigenvalue weighted by molar-refractivity contribution is 0.625. The smallest absolute Gasteiger partial charge is 0.135 e. The van der Waals surface area contributed by atoms with Crippen molar-refractivity contribution in [1.29, 1.82) is 0 Å². The fourth-order valence-electron chi connectivity index (χ4n) is 1.95. The minimum atomic E-state index is -0.390. The molecule has 0 amide bonds. The van der Waals surface area contributed by atoms with Gasteiger partial charge in [-0.1, -0.05) is 31.3 Å². The fourth-order valence-corrected chi connectivity index (χ4v) is 3.02. The predicted octanol–water partition coefficient (Wildman–Crippen LogP) is 4.08. The van der Waals surface area contributed by atoms with Crippen LogP contribution in [0, 0.1) is 5.82 Å². The molecule has 0 fully saturated rings. The average Bonchev–Trinajstić information content (AvgIpc) is 2.89. The van der Waals surface area contributed by atoms with Crippen LogP contribution in [-0.2, 0) is 0 Å². The van der Waals surface area contributed by atoms with Gasteiger partial charge in [-0.25, -0.2) is 4.39 Å². The molecule has 2 rings (SSSR count). The lowest BCUT2D eigenvalue weighted by Gasteiger charge is -2.19. The van der Waals surface area contributed by atoms with Gasteiger partial charge in [0.25, 0.3) is 0 Å². The van der Waals surface area contributed by atoms with Crippen LogP contribution in [0.5, 0.6) is 0 Å². The first-order valence-electron chi connectivity index (χ1n) is 6.01. The molecule has 0 saturated carbocycles. The fraction of sp³-hybridized carbons (Fsp3) is 0.214. The Morgan fingerprint density at radius 2 is 2.21 bits per heavy atom. The molecule has 2 aromatic rings. The van der Waals surface area contributed by atoms with Gasteiger partial charge >= 0.3 is 0 Å². The number of hydrogen-bond donors (Lipinski definition) is 2. The maximum Gasteiger partial charge on any atom is 0.135 e. The molecule has 19 heavy (non-hydrogen) atoms. The summed E-state index contributed by atoms with van der Waals surface area (Å²) in [5, 5.41) is 5.35. The summed E-state index contributed by atoms with van der Waals surface area (Å²) in [4.78, 5) is 1.28. The molecule has 0 radical (unpaired) electrons. The zero-order valence-electron chi connectivity index (χ0n) is 10.5. The minimum Gasteiger partial charge on any atom is -0.389 e. The molecule has 3 N–H and O–H groups in total. The van der Waals surface area contributed by atoms with Crippen molar-refractivity contribution in [2.24, 2.45) is 5.73 Å². The van der Waals surface area contributed by atoms with Crippen LogP contribution < -0.4 is 11.1 Å². The third-order valence-corrected chi connectivity index (χ3v) is 4.07. The number of rotatable bonds is 5. The van der Waals surface area contributed by atoms with Crippen LogP contribution in [0.2, 0.25) is 0 Å². The van der Waals surface area contributed by atoms with Gasteiger partial charge in [0, 0.05) is 10.6 Å². The van der Waals surface area contributed by atoms with Gasteiger partial charge in [0.1, 0.15) is 10.8 Å². The van der Waals surface area contributed by atoms with E-state index in [-0.39, 0.29) is 16.6 Å². The lowest BCUT2D eigenvalue weighted by atomic mass is 10.1. The third kappa shape index (κ3) is 3.11. The quantitative estimate of drug-likeness (QED) is 0.816. The largest absolute Gasteiger partial charge is 0.389 e.